The van der Waals surface area contributed by atoms with Crippen LogP contribution in [0, 0.1) is 29.1 Å². The average molecular weight is 383 g/mol. The first-order valence-corrected chi connectivity index (χ1v) is 7.46. The number of carbonyl (C=O) groups is 2. The second-order valence-corrected chi connectivity index (χ2v) is 5.77. The number of carbonyl (C=O) groups excluding carboxylic acids is 2. The Kier molecular flexibility index (Phi) is 4.42. The van der Waals surface area contributed by atoms with Crippen LogP contribution >= 0.6 is 0 Å². The lowest BCUT2D eigenvalue weighted by atomic mass is 9.92. The van der Waals surface area contributed by atoms with Crippen LogP contribution in [0.15, 0.2) is 35.4 Å². The van der Waals surface area contributed by atoms with Gasteiger partial charge in [0.15, 0.2) is 23.3 Å². The summed E-state index contributed by atoms with van der Waals surface area (Å²) in [7, 11) is 0. The summed E-state index contributed by atoms with van der Waals surface area (Å²) in [5, 5.41) is 5.95. The SMILES string of the molecule is C[C@]1(c2ccccc2)NC(=O)N(/N=C\c2c(F)c(F)c(F)c(F)c2F)C1=O. The Labute approximate surface area is 149 Å². The van der Waals surface area contributed by atoms with Gasteiger partial charge in [-0.25, -0.2) is 26.7 Å². The van der Waals surface area contributed by atoms with Gasteiger partial charge in [-0.05, 0) is 12.5 Å². The highest BCUT2D eigenvalue weighted by Crippen LogP contribution is 2.29. The second kappa shape index (κ2) is 6.45. The summed E-state index contributed by atoms with van der Waals surface area (Å²) < 4.78 is 66.8. The van der Waals surface area contributed by atoms with Gasteiger partial charge in [-0.2, -0.15) is 5.10 Å². The lowest BCUT2D eigenvalue weighted by Gasteiger charge is -2.20. The zero-order valence-corrected chi connectivity index (χ0v) is 13.6. The van der Waals surface area contributed by atoms with Crippen molar-refractivity contribution in [3.63, 3.8) is 0 Å². The molecule has 0 aromatic heterocycles. The van der Waals surface area contributed by atoms with E-state index in [1.807, 2.05) is 0 Å². The molecule has 0 bridgehead atoms. The largest absolute Gasteiger partial charge is 0.346 e. The predicted molar refractivity (Wildman–Crippen MR) is 83.0 cm³/mol. The fourth-order valence-corrected chi connectivity index (χ4v) is 2.55. The summed E-state index contributed by atoms with van der Waals surface area (Å²) in [4.78, 5) is 24.6. The average Bonchev–Trinajstić information content (AvgIpc) is 2.89. The van der Waals surface area contributed by atoms with E-state index in [2.05, 4.69) is 10.4 Å². The van der Waals surface area contributed by atoms with Gasteiger partial charge in [-0.15, -0.1) is 5.01 Å². The highest BCUT2D eigenvalue weighted by molar-refractivity contribution is 6.07. The molecule has 27 heavy (non-hydrogen) atoms. The minimum absolute atomic E-state index is 0.227. The van der Waals surface area contributed by atoms with E-state index in [-0.39, 0.29) is 11.2 Å². The zero-order valence-electron chi connectivity index (χ0n) is 13.6. The van der Waals surface area contributed by atoms with Gasteiger partial charge in [-0.3, -0.25) is 4.79 Å². The van der Waals surface area contributed by atoms with E-state index in [9.17, 15) is 31.5 Å². The smallest absolute Gasteiger partial charge is 0.318 e. The number of urea groups is 1. The first kappa shape index (κ1) is 18.5. The maximum Gasteiger partial charge on any atom is 0.346 e. The van der Waals surface area contributed by atoms with Crippen LogP contribution in [0.5, 0.6) is 0 Å². The van der Waals surface area contributed by atoms with Gasteiger partial charge in [0.05, 0.1) is 11.8 Å². The summed E-state index contributed by atoms with van der Waals surface area (Å²) in [5.41, 5.74) is -2.47. The molecule has 0 unspecified atom stereocenters. The van der Waals surface area contributed by atoms with E-state index in [4.69, 9.17) is 0 Å². The maximum atomic E-state index is 13.7. The third-order valence-electron chi connectivity index (χ3n) is 4.07. The van der Waals surface area contributed by atoms with Gasteiger partial charge in [0, 0.05) is 0 Å². The third-order valence-corrected chi connectivity index (χ3v) is 4.07. The summed E-state index contributed by atoms with van der Waals surface area (Å²) in [6, 6.07) is 7.05. The van der Waals surface area contributed by atoms with Gasteiger partial charge >= 0.3 is 6.03 Å². The van der Waals surface area contributed by atoms with E-state index in [0.717, 1.165) is 0 Å². The molecule has 2 aromatic carbocycles. The zero-order chi connectivity index (χ0) is 19.9. The summed E-state index contributed by atoms with van der Waals surface area (Å²) >= 11 is 0. The molecule has 1 saturated heterocycles. The number of rotatable bonds is 3. The minimum Gasteiger partial charge on any atom is -0.318 e. The fraction of sp³-hybridized carbons (Fsp3) is 0.118. The van der Waals surface area contributed by atoms with E-state index in [1.54, 1.807) is 30.3 Å². The molecule has 3 amide bonds. The molecular formula is C17H10F5N3O2. The van der Waals surface area contributed by atoms with Gasteiger partial charge in [-0.1, -0.05) is 30.3 Å². The molecule has 1 atom stereocenters. The lowest BCUT2D eigenvalue weighted by molar-refractivity contribution is -0.131. The van der Waals surface area contributed by atoms with E-state index in [1.165, 1.54) is 6.92 Å². The van der Waals surface area contributed by atoms with Crippen LogP contribution in [0.2, 0.25) is 0 Å². The Morgan fingerprint density at radius 1 is 0.926 bits per heavy atom. The maximum absolute atomic E-state index is 13.7. The number of hydrogen-bond acceptors (Lipinski definition) is 3. The number of hydrogen-bond donors (Lipinski definition) is 1. The first-order valence-electron chi connectivity index (χ1n) is 7.46. The van der Waals surface area contributed by atoms with Gasteiger partial charge in [0.1, 0.15) is 5.54 Å². The standard InChI is InChI=1S/C17H10F5N3O2/c1-17(8-5-3-2-4-6-8)15(26)25(16(27)24-17)23-7-9-10(18)12(20)14(22)13(21)11(9)19/h2-7H,1H3,(H,24,27)/b23-7-/t17-/m1/s1. The summed E-state index contributed by atoms with van der Waals surface area (Å²) in [5.74, 6) is -11.8. The monoisotopic (exact) mass is 383 g/mol. The normalized spacial score (nSPS) is 19.9. The van der Waals surface area contributed by atoms with Gasteiger partial charge < -0.3 is 5.32 Å². The molecule has 0 spiro atoms. The van der Waals surface area contributed by atoms with Crippen LogP contribution in [0.3, 0.4) is 0 Å². The molecule has 2 aromatic rings. The Balaban J connectivity index is 1.98. The lowest BCUT2D eigenvalue weighted by Crippen LogP contribution is -2.40. The van der Waals surface area contributed by atoms with E-state index in [0.29, 0.717) is 5.56 Å². The molecule has 1 fully saturated rings. The van der Waals surface area contributed by atoms with Gasteiger partial charge in [0.2, 0.25) is 5.82 Å². The third kappa shape index (κ3) is 2.82. The van der Waals surface area contributed by atoms with Crippen LogP contribution < -0.4 is 5.32 Å². The molecule has 3 rings (SSSR count). The predicted octanol–water partition coefficient (Wildman–Crippen LogP) is 3.18. The van der Waals surface area contributed by atoms with E-state index >= 15 is 0 Å². The topological polar surface area (TPSA) is 61.8 Å². The van der Waals surface area contributed by atoms with Crippen molar-refractivity contribution in [2.24, 2.45) is 5.10 Å². The molecule has 140 valence electrons. The van der Waals surface area contributed by atoms with Crippen LogP contribution in [0.25, 0.3) is 0 Å². The molecule has 5 nitrogen and oxygen atoms in total. The fourth-order valence-electron chi connectivity index (χ4n) is 2.55. The van der Waals surface area contributed by atoms with Gasteiger partial charge in [0.25, 0.3) is 5.91 Å². The van der Waals surface area contributed by atoms with Crippen molar-refractivity contribution in [3.05, 3.63) is 70.5 Å². The number of halogens is 5. The quantitative estimate of drug-likeness (QED) is 0.291. The van der Waals surface area contributed by atoms with Crippen molar-refractivity contribution >= 4 is 18.2 Å². The van der Waals surface area contributed by atoms with Crippen LogP contribution in [-0.4, -0.2) is 23.2 Å². The highest BCUT2D eigenvalue weighted by atomic mass is 19.2. The van der Waals surface area contributed by atoms with Crippen LogP contribution in [-0.2, 0) is 10.3 Å². The molecule has 1 aliphatic heterocycles. The van der Waals surface area contributed by atoms with Crippen molar-refractivity contribution in [1.82, 2.24) is 10.3 Å². The molecule has 1 heterocycles. The molecule has 0 aliphatic carbocycles. The van der Waals surface area contributed by atoms with Crippen LogP contribution in [0.4, 0.5) is 26.7 Å². The number of nitrogens with one attached hydrogen (secondary N) is 1. The van der Waals surface area contributed by atoms with Crippen LogP contribution in [0.1, 0.15) is 18.1 Å². The molecule has 1 N–H and O–H groups in total. The van der Waals surface area contributed by atoms with E-state index < -0.39 is 52.1 Å². The second-order valence-electron chi connectivity index (χ2n) is 5.77. The molecular weight excluding hydrogens is 373 g/mol. The summed E-state index contributed by atoms with van der Waals surface area (Å²) in [6.07, 6.45) is 0.227. The Morgan fingerprint density at radius 2 is 1.44 bits per heavy atom. The molecule has 10 heteroatoms. The molecule has 0 saturated carbocycles. The van der Waals surface area contributed by atoms with Crippen molar-refractivity contribution in [2.45, 2.75) is 12.5 Å². The van der Waals surface area contributed by atoms with Crippen molar-refractivity contribution in [1.29, 1.82) is 0 Å². The number of benzene rings is 2. The minimum atomic E-state index is -2.33. The first-order chi connectivity index (χ1) is 12.7. The number of nitrogens with zero attached hydrogens (tertiary/aromatic N) is 2. The Morgan fingerprint density at radius 3 is 2.00 bits per heavy atom. The summed E-state index contributed by atoms with van der Waals surface area (Å²) in [6.45, 7) is 1.39. The Hall–Kier alpha value is -3.30. The number of hydrazone groups is 1. The molecule has 1 aliphatic rings. The van der Waals surface area contributed by atoms with Crippen molar-refractivity contribution in [3.8, 4) is 0 Å². The highest BCUT2D eigenvalue weighted by Gasteiger charge is 2.49. The number of amides is 3. The van der Waals surface area contributed by atoms with Crippen molar-refractivity contribution < 1.29 is 31.5 Å². The van der Waals surface area contributed by atoms with Crippen molar-refractivity contribution in [2.75, 3.05) is 0 Å². The number of imide groups is 1. The Bertz CT molecular complexity index is 951. The molecule has 0 radical (unpaired) electrons.